The molecule has 1 aliphatic carbocycles. The number of anilines is 2. The number of carbonyl (C=O) groups is 4. The van der Waals surface area contributed by atoms with E-state index in [2.05, 4.69) is 44.4 Å². The summed E-state index contributed by atoms with van der Waals surface area (Å²) in [7, 11) is 1.57. The average molecular weight is 804 g/mol. The molecule has 2 aliphatic heterocycles. The van der Waals surface area contributed by atoms with Crippen molar-refractivity contribution in [2.24, 2.45) is 5.73 Å². The first-order valence-electron chi connectivity index (χ1n) is 20.8. The fraction of sp³-hybridized carbons (Fsp3) is 0.413. The van der Waals surface area contributed by atoms with Gasteiger partial charge in [-0.3, -0.25) is 29.1 Å². The predicted molar refractivity (Wildman–Crippen MR) is 230 cm³/mol. The van der Waals surface area contributed by atoms with Crippen LogP contribution >= 0.6 is 0 Å². The van der Waals surface area contributed by atoms with Gasteiger partial charge < -0.3 is 35.6 Å². The highest BCUT2D eigenvalue weighted by molar-refractivity contribution is 6.08. The molecule has 0 atom stereocenters. The number of aliphatic hydroxyl groups excluding tert-OH is 1. The number of aryl methyl sites for hydroxylation is 2. The smallest absolute Gasteiger partial charge is 0.255 e. The van der Waals surface area contributed by atoms with E-state index >= 15 is 0 Å². The zero-order valence-electron chi connectivity index (χ0n) is 34.1. The summed E-state index contributed by atoms with van der Waals surface area (Å²) in [6.45, 7) is 5.86. The summed E-state index contributed by atoms with van der Waals surface area (Å²) in [4.78, 5) is 64.0. The lowest BCUT2D eigenvalue weighted by atomic mass is 9.92. The summed E-state index contributed by atoms with van der Waals surface area (Å²) < 4.78 is 5.33. The second-order valence-electron chi connectivity index (χ2n) is 15.3. The summed E-state index contributed by atoms with van der Waals surface area (Å²) in [5.41, 5.74) is 12.2. The molecule has 2 fully saturated rings. The third-order valence-electron chi connectivity index (χ3n) is 11.2. The Balaban J connectivity index is 0.000000505. The van der Waals surface area contributed by atoms with Crippen LogP contribution in [0.15, 0.2) is 85.1 Å². The largest absolute Gasteiger partial charge is 0.394 e. The molecule has 312 valence electrons. The molecule has 4 aromatic rings. The van der Waals surface area contributed by atoms with Crippen LogP contribution in [0.3, 0.4) is 0 Å². The zero-order chi connectivity index (χ0) is 41.6. The van der Waals surface area contributed by atoms with Crippen LogP contribution in [0, 0.1) is 0 Å². The fourth-order valence-electron chi connectivity index (χ4n) is 7.77. The molecule has 4 amide bonds. The molecule has 13 heteroatoms. The molecule has 2 saturated heterocycles. The number of likely N-dealkylation sites (N-methyl/N-ethyl adjacent to an activating group) is 1. The SMILES string of the molecule is CN(CC(=O)N1CCN(CCOCCO)CC1)C(=O)c1cccc(C(=O)Nc2ccc(N3CCCCC3)cc2-c2cc(C(N)=O)ccn2)c1.c1ccc2c(c1)CCCC2. The molecule has 4 N–H and O–H groups in total. The Morgan fingerprint density at radius 3 is 2.19 bits per heavy atom. The van der Waals surface area contributed by atoms with Crippen molar-refractivity contribution in [2.45, 2.75) is 44.9 Å². The first-order chi connectivity index (χ1) is 28.7. The van der Waals surface area contributed by atoms with E-state index in [0.717, 1.165) is 38.2 Å². The molecular weight excluding hydrogens is 747 g/mol. The summed E-state index contributed by atoms with van der Waals surface area (Å²) in [5.74, 6) is -1.52. The van der Waals surface area contributed by atoms with Gasteiger partial charge in [-0.25, -0.2) is 0 Å². The van der Waals surface area contributed by atoms with Gasteiger partial charge in [-0.1, -0.05) is 30.3 Å². The summed E-state index contributed by atoms with van der Waals surface area (Å²) in [6, 6.07) is 24.1. The number of rotatable bonds is 13. The van der Waals surface area contributed by atoms with Gasteiger partial charge in [-0.15, -0.1) is 0 Å². The van der Waals surface area contributed by atoms with E-state index in [0.29, 0.717) is 61.9 Å². The molecular formula is C46H57N7O6. The van der Waals surface area contributed by atoms with Crippen LogP contribution in [0.5, 0.6) is 0 Å². The number of ether oxygens (including phenoxy) is 1. The second kappa shape index (κ2) is 21.4. The molecule has 0 bridgehead atoms. The Kier molecular flexibility index (Phi) is 15.6. The standard InChI is InChI=1S/C36H45N7O6.C10H12/c1-40(25-33(45)43-16-14-41(15-17-43)18-20-49-21-19-44)36(48)28-7-5-6-27(22-28)35(47)39-31-9-8-29(42-12-3-2-4-13-42)24-30(31)32-23-26(34(37)46)10-11-38-32;1-2-6-10-8-4-3-7-9(10)5-1/h5-11,22-24,44H,2-4,12-21,25H2,1H3,(H2,37,46)(H,39,47);1-2,5-6H,3-4,7-8H2. The first-order valence-corrected chi connectivity index (χ1v) is 20.8. The minimum Gasteiger partial charge on any atom is -0.394 e. The monoisotopic (exact) mass is 803 g/mol. The highest BCUT2D eigenvalue weighted by Gasteiger charge is 2.24. The molecule has 0 spiro atoms. The number of hydrogen-bond acceptors (Lipinski definition) is 9. The topological polar surface area (TPSA) is 162 Å². The first kappa shape index (κ1) is 43.0. The number of aromatic nitrogens is 1. The van der Waals surface area contributed by atoms with Gasteiger partial charge in [0.25, 0.3) is 11.8 Å². The zero-order valence-corrected chi connectivity index (χ0v) is 34.1. The quantitative estimate of drug-likeness (QED) is 0.160. The van der Waals surface area contributed by atoms with Crippen LogP contribution in [0.1, 0.15) is 74.3 Å². The number of nitrogens with zero attached hydrogens (tertiary/aromatic N) is 5. The average Bonchev–Trinajstić information content (AvgIpc) is 3.28. The van der Waals surface area contributed by atoms with Gasteiger partial charge in [0.15, 0.2) is 0 Å². The van der Waals surface area contributed by atoms with Gasteiger partial charge >= 0.3 is 0 Å². The van der Waals surface area contributed by atoms with Crippen molar-refractivity contribution in [3.63, 3.8) is 0 Å². The van der Waals surface area contributed by atoms with Gasteiger partial charge in [-0.05, 0) is 105 Å². The molecule has 1 aromatic heterocycles. The number of piperazine rings is 1. The highest BCUT2D eigenvalue weighted by atomic mass is 16.5. The third-order valence-corrected chi connectivity index (χ3v) is 11.2. The number of aliphatic hydroxyl groups is 1. The normalized spacial score (nSPS) is 15.4. The van der Waals surface area contributed by atoms with Crippen LogP contribution in [-0.4, -0.2) is 128 Å². The molecule has 0 unspecified atom stereocenters. The number of amides is 4. The minimum atomic E-state index is -0.575. The van der Waals surface area contributed by atoms with Crippen molar-refractivity contribution in [3.05, 3.63) is 113 Å². The number of benzene rings is 3. The van der Waals surface area contributed by atoms with Crippen molar-refractivity contribution < 1.29 is 29.0 Å². The maximum Gasteiger partial charge on any atom is 0.255 e. The van der Waals surface area contributed by atoms with Gasteiger partial charge in [0.1, 0.15) is 0 Å². The number of nitrogens with two attached hydrogens (primary N) is 1. The Bertz CT molecular complexity index is 2040. The molecule has 0 radical (unpaired) electrons. The highest BCUT2D eigenvalue weighted by Crippen LogP contribution is 2.33. The fourth-order valence-corrected chi connectivity index (χ4v) is 7.77. The number of hydrogen-bond donors (Lipinski definition) is 3. The Labute approximate surface area is 347 Å². The molecule has 3 heterocycles. The van der Waals surface area contributed by atoms with Crippen molar-refractivity contribution in [3.8, 4) is 11.3 Å². The van der Waals surface area contributed by atoms with Crippen LogP contribution in [0.4, 0.5) is 11.4 Å². The lowest BCUT2D eigenvalue weighted by Gasteiger charge is -2.35. The van der Waals surface area contributed by atoms with E-state index in [1.807, 2.05) is 18.2 Å². The molecule has 3 aromatic carbocycles. The molecule has 0 saturated carbocycles. The number of primary amides is 1. The summed E-state index contributed by atoms with van der Waals surface area (Å²) in [5, 5.41) is 11.8. The molecule has 13 nitrogen and oxygen atoms in total. The maximum absolute atomic E-state index is 13.6. The van der Waals surface area contributed by atoms with E-state index in [4.69, 9.17) is 15.6 Å². The van der Waals surface area contributed by atoms with Gasteiger partial charge in [-0.2, -0.15) is 0 Å². The number of piperidine rings is 1. The van der Waals surface area contributed by atoms with Crippen molar-refractivity contribution in [1.29, 1.82) is 0 Å². The second-order valence-corrected chi connectivity index (χ2v) is 15.3. The number of nitrogens with one attached hydrogen (secondary N) is 1. The lowest BCUT2D eigenvalue weighted by Crippen LogP contribution is -2.51. The van der Waals surface area contributed by atoms with E-state index in [9.17, 15) is 19.2 Å². The van der Waals surface area contributed by atoms with Gasteiger partial charge in [0.05, 0.1) is 37.7 Å². The van der Waals surface area contributed by atoms with Crippen LogP contribution in [0.25, 0.3) is 11.3 Å². The summed E-state index contributed by atoms with van der Waals surface area (Å²) in [6.07, 6.45) is 10.3. The van der Waals surface area contributed by atoms with Crippen LogP contribution in [-0.2, 0) is 22.4 Å². The minimum absolute atomic E-state index is 0.00556. The van der Waals surface area contributed by atoms with Crippen molar-refractivity contribution in [2.75, 3.05) is 89.4 Å². The molecule has 59 heavy (non-hydrogen) atoms. The van der Waals surface area contributed by atoms with Crippen molar-refractivity contribution in [1.82, 2.24) is 19.7 Å². The van der Waals surface area contributed by atoms with Crippen LogP contribution < -0.4 is 16.0 Å². The predicted octanol–water partition coefficient (Wildman–Crippen LogP) is 4.88. The molecule has 7 rings (SSSR count). The molecule has 3 aliphatic rings. The van der Waals surface area contributed by atoms with Crippen molar-refractivity contribution >= 4 is 35.0 Å². The van der Waals surface area contributed by atoms with E-state index in [-0.39, 0.29) is 36.1 Å². The Hall–Kier alpha value is -5.63. The van der Waals surface area contributed by atoms with Gasteiger partial charge in [0.2, 0.25) is 11.8 Å². The maximum atomic E-state index is 13.6. The van der Waals surface area contributed by atoms with E-state index in [1.54, 1.807) is 53.4 Å². The van der Waals surface area contributed by atoms with E-state index < -0.39 is 11.8 Å². The van der Waals surface area contributed by atoms with E-state index in [1.165, 1.54) is 49.3 Å². The Morgan fingerprint density at radius 2 is 1.49 bits per heavy atom. The third kappa shape index (κ3) is 12.0. The number of pyridine rings is 1. The number of carbonyl (C=O) groups excluding carboxylic acids is 4. The lowest BCUT2D eigenvalue weighted by molar-refractivity contribution is -0.133. The van der Waals surface area contributed by atoms with Crippen LogP contribution in [0.2, 0.25) is 0 Å². The van der Waals surface area contributed by atoms with Gasteiger partial charge in [0, 0.05) is 87.0 Å². The number of fused-ring (bicyclic) bond motifs is 1. The Morgan fingerprint density at radius 1 is 0.780 bits per heavy atom. The summed E-state index contributed by atoms with van der Waals surface area (Å²) >= 11 is 0.